The van der Waals surface area contributed by atoms with Gasteiger partial charge in [-0.3, -0.25) is 9.69 Å². The maximum atomic E-state index is 13.0. The van der Waals surface area contributed by atoms with E-state index in [1.807, 2.05) is 18.2 Å². The lowest BCUT2D eigenvalue weighted by molar-refractivity contribution is -0.156. The molecular weight excluding hydrogens is 322 g/mol. The molecule has 1 aromatic rings. The fourth-order valence-electron chi connectivity index (χ4n) is 5.42. The predicted molar refractivity (Wildman–Crippen MR) is 105 cm³/mol. The van der Waals surface area contributed by atoms with Crippen LogP contribution in [0.25, 0.3) is 5.57 Å². The number of fused-ring (bicyclic) bond motifs is 2. The Kier molecular flexibility index (Phi) is 5.17. The molecule has 1 aromatic carbocycles. The molecule has 2 bridgehead atoms. The fourth-order valence-corrected chi connectivity index (χ4v) is 5.42. The van der Waals surface area contributed by atoms with Gasteiger partial charge in [0.1, 0.15) is 6.10 Å². The number of ether oxygens (including phenoxy) is 1. The second-order valence-electron chi connectivity index (χ2n) is 8.47. The first-order valence-corrected chi connectivity index (χ1v) is 10.4. The van der Waals surface area contributed by atoms with Gasteiger partial charge in [0.05, 0.1) is 5.92 Å². The highest BCUT2D eigenvalue weighted by Crippen LogP contribution is 2.39. The van der Waals surface area contributed by atoms with Crippen LogP contribution >= 0.6 is 0 Å². The molecule has 3 nitrogen and oxygen atoms in total. The van der Waals surface area contributed by atoms with Crippen molar-refractivity contribution in [3.63, 3.8) is 0 Å². The van der Waals surface area contributed by atoms with E-state index < -0.39 is 0 Å². The second kappa shape index (κ2) is 7.56. The highest BCUT2D eigenvalue weighted by atomic mass is 16.5. The number of carbonyl (C=O) groups is 1. The van der Waals surface area contributed by atoms with Crippen molar-refractivity contribution in [3.8, 4) is 0 Å². The number of nitrogens with zero attached hydrogens (tertiary/aromatic N) is 1. The topological polar surface area (TPSA) is 29.5 Å². The van der Waals surface area contributed by atoms with Crippen LogP contribution in [0.4, 0.5) is 0 Å². The molecule has 3 aliphatic rings. The molecule has 26 heavy (non-hydrogen) atoms. The van der Waals surface area contributed by atoms with Crippen molar-refractivity contribution in [3.05, 3.63) is 42.0 Å². The normalized spacial score (nSPS) is 31.7. The highest BCUT2D eigenvalue weighted by Gasteiger charge is 2.43. The van der Waals surface area contributed by atoms with Crippen LogP contribution in [0.3, 0.4) is 0 Å². The summed E-state index contributed by atoms with van der Waals surface area (Å²) in [7, 11) is 0. The summed E-state index contributed by atoms with van der Waals surface area (Å²) < 4.78 is 6.09. The standard InChI is InChI=1S/C23H31NO2/c1-16(2)24-18-12-13-19(24)15-20(14-18)26-23(25)22-11-7-6-10-21(22)17-8-4-3-5-9-17/h3-5,8-10,16,18-20,22H,6-7,11-15H2,1-2H3/t18-,19+,20?,22?. The van der Waals surface area contributed by atoms with Gasteiger partial charge < -0.3 is 4.74 Å². The molecule has 2 heterocycles. The van der Waals surface area contributed by atoms with E-state index >= 15 is 0 Å². The van der Waals surface area contributed by atoms with Crippen molar-refractivity contribution < 1.29 is 9.53 Å². The molecule has 0 N–H and O–H groups in total. The van der Waals surface area contributed by atoms with Crippen molar-refractivity contribution in [1.82, 2.24) is 4.90 Å². The summed E-state index contributed by atoms with van der Waals surface area (Å²) in [4.78, 5) is 15.7. The van der Waals surface area contributed by atoms with Crippen LogP contribution in [-0.4, -0.2) is 35.1 Å². The summed E-state index contributed by atoms with van der Waals surface area (Å²) in [6.07, 6.45) is 9.94. The quantitative estimate of drug-likeness (QED) is 0.727. The van der Waals surface area contributed by atoms with Crippen molar-refractivity contribution in [2.24, 2.45) is 5.92 Å². The molecule has 4 atom stereocenters. The first-order valence-electron chi connectivity index (χ1n) is 10.4. The number of esters is 1. The molecule has 0 aromatic heterocycles. The fraction of sp³-hybridized carbons (Fsp3) is 0.609. The lowest BCUT2D eigenvalue weighted by atomic mass is 9.83. The molecule has 0 amide bonds. The molecule has 0 radical (unpaired) electrons. The summed E-state index contributed by atoms with van der Waals surface area (Å²) in [5, 5.41) is 0. The summed E-state index contributed by atoms with van der Waals surface area (Å²) in [5.41, 5.74) is 2.34. The van der Waals surface area contributed by atoms with E-state index in [0.29, 0.717) is 18.1 Å². The Bertz CT molecular complexity index is 652. The third-order valence-corrected chi connectivity index (χ3v) is 6.45. The minimum Gasteiger partial charge on any atom is -0.462 e. The molecule has 2 saturated heterocycles. The van der Waals surface area contributed by atoms with Gasteiger partial charge in [0, 0.05) is 31.0 Å². The maximum absolute atomic E-state index is 13.0. The average molecular weight is 354 g/mol. The lowest BCUT2D eigenvalue weighted by Crippen LogP contribution is -2.49. The second-order valence-corrected chi connectivity index (χ2v) is 8.47. The molecule has 0 spiro atoms. The summed E-state index contributed by atoms with van der Waals surface area (Å²) in [6.45, 7) is 4.58. The number of hydrogen-bond acceptors (Lipinski definition) is 3. The highest BCUT2D eigenvalue weighted by molar-refractivity contribution is 5.89. The molecule has 0 saturated carbocycles. The Labute approximate surface area is 157 Å². The maximum Gasteiger partial charge on any atom is 0.313 e. The van der Waals surface area contributed by atoms with E-state index in [-0.39, 0.29) is 18.0 Å². The predicted octanol–water partition coefficient (Wildman–Crippen LogP) is 4.82. The monoisotopic (exact) mass is 353 g/mol. The molecule has 1 aliphatic carbocycles. The molecule has 140 valence electrons. The molecule has 3 heteroatoms. The molecule has 2 fully saturated rings. The van der Waals surface area contributed by atoms with E-state index in [0.717, 1.165) is 32.1 Å². The average Bonchev–Trinajstić information content (AvgIpc) is 2.94. The van der Waals surface area contributed by atoms with E-state index in [4.69, 9.17) is 4.74 Å². The van der Waals surface area contributed by atoms with Crippen molar-refractivity contribution in [1.29, 1.82) is 0 Å². The summed E-state index contributed by atoms with van der Waals surface area (Å²) in [6, 6.07) is 12.1. The molecule has 4 rings (SSSR count). The Morgan fingerprint density at radius 1 is 1.08 bits per heavy atom. The first kappa shape index (κ1) is 17.8. The third-order valence-electron chi connectivity index (χ3n) is 6.45. The Balaban J connectivity index is 1.43. The molecular formula is C23H31NO2. The van der Waals surface area contributed by atoms with Crippen LogP contribution < -0.4 is 0 Å². The zero-order chi connectivity index (χ0) is 18.1. The Morgan fingerprint density at radius 3 is 2.42 bits per heavy atom. The smallest absolute Gasteiger partial charge is 0.313 e. The van der Waals surface area contributed by atoms with Gasteiger partial charge in [-0.05, 0) is 57.1 Å². The largest absolute Gasteiger partial charge is 0.462 e. The van der Waals surface area contributed by atoms with E-state index in [9.17, 15) is 4.79 Å². The third kappa shape index (κ3) is 3.46. The van der Waals surface area contributed by atoms with Crippen LogP contribution in [0, 0.1) is 5.92 Å². The van der Waals surface area contributed by atoms with Gasteiger partial charge in [0.15, 0.2) is 0 Å². The van der Waals surface area contributed by atoms with Crippen LogP contribution in [0.1, 0.15) is 64.4 Å². The SMILES string of the molecule is CC(C)N1[C@@H]2CC[C@H]1CC(OC(=O)C1CCCC=C1c1ccccc1)C2. The van der Waals surface area contributed by atoms with Crippen LogP contribution in [0.2, 0.25) is 0 Å². The van der Waals surface area contributed by atoms with Gasteiger partial charge in [0.25, 0.3) is 0 Å². The van der Waals surface area contributed by atoms with E-state index in [1.165, 1.54) is 24.0 Å². The lowest BCUT2D eigenvalue weighted by Gasteiger charge is -2.41. The number of benzene rings is 1. The summed E-state index contributed by atoms with van der Waals surface area (Å²) in [5.74, 6) is -0.0888. The Morgan fingerprint density at radius 2 is 1.77 bits per heavy atom. The van der Waals surface area contributed by atoms with E-state index in [1.54, 1.807) is 0 Å². The van der Waals surface area contributed by atoms with Gasteiger partial charge in [-0.1, -0.05) is 36.4 Å². The van der Waals surface area contributed by atoms with Crippen molar-refractivity contribution in [2.75, 3.05) is 0 Å². The number of allylic oxidation sites excluding steroid dienone is 1. The van der Waals surface area contributed by atoms with Gasteiger partial charge in [-0.25, -0.2) is 0 Å². The molecule has 2 aliphatic heterocycles. The number of carbonyl (C=O) groups excluding carboxylic acids is 1. The zero-order valence-electron chi connectivity index (χ0n) is 16.1. The minimum atomic E-state index is -0.0908. The zero-order valence-corrected chi connectivity index (χ0v) is 16.1. The minimum absolute atomic E-state index is 0.00204. The molecule has 2 unspecified atom stereocenters. The Hall–Kier alpha value is -1.61. The first-order chi connectivity index (χ1) is 12.6. The van der Waals surface area contributed by atoms with Crippen molar-refractivity contribution in [2.45, 2.75) is 83.0 Å². The van der Waals surface area contributed by atoms with Gasteiger partial charge in [-0.15, -0.1) is 0 Å². The number of hydrogen-bond donors (Lipinski definition) is 0. The van der Waals surface area contributed by atoms with E-state index in [2.05, 4.69) is 37.0 Å². The number of piperidine rings is 1. The van der Waals surface area contributed by atoms with Gasteiger partial charge in [-0.2, -0.15) is 0 Å². The van der Waals surface area contributed by atoms with Crippen LogP contribution in [0.5, 0.6) is 0 Å². The number of rotatable bonds is 4. The van der Waals surface area contributed by atoms with Gasteiger partial charge >= 0.3 is 5.97 Å². The van der Waals surface area contributed by atoms with Crippen LogP contribution in [0.15, 0.2) is 36.4 Å². The van der Waals surface area contributed by atoms with Gasteiger partial charge in [0.2, 0.25) is 0 Å². The summed E-state index contributed by atoms with van der Waals surface area (Å²) >= 11 is 0. The van der Waals surface area contributed by atoms with Crippen molar-refractivity contribution >= 4 is 11.5 Å². The van der Waals surface area contributed by atoms with Crippen LogP contribution in [-0.2, 0) is 9.53 Å².